The summed E-state index contributed by atoms with van der Waals surface area (Å²) < 4.78 is 20.9. The summed E-state index contributed by atoms with van der Waals surface area (Å²) in [7, 11) is 0. The third kappa shape index (κ3) is 1.72. The number of nitrogen functional groups attached to an aromatic ring is 1. The Labute approximate surface area is 102 Å². The smallest absolute Gasteiger partial charge is 0.227 e. The molecule has 3 rings (SSSR count). The highest BCUT2D eigenvalue weighted by molar-refractivity contribution is 5.76. The number of ether oxygens (including phenoxy) is 1. The average molecular weight is 252 g/mol. The Balaban J connectivity index is 2.03. The van der Waals surface area contributed by atoms with Crippen LogP contribution in [0, 0.1) is 5.95 Å². The van der Waals surface area contributed by atoms with Crippen molar-refractivity contribution < 1.29 is 14.2 Å². The summed E-state index contributed by atoms with van der Waals surface area (Å²) in [5.74, 6) is -0.732. The summed E-state index contributed by atoms with van der Waals surface area (Å²) in [6, 6.07) is 1.60. The number of halogens is 1. The molecule has 1 aliphatic heterocycles. The maximum Gasteiger partial charge on any atom is 0.227 e. The van der Waals surface area contributed by atoms with Crippen LogP contribution in [-0.2, 0) is 4.74 Å². The first-order valence-electron chi connectivity index (χ1n) is 5.75. The fourth-order valence-corrected chi connectivity index (χ4v) is 2.27. The molecule has 1 saturated heterocycles. The molecule has 96 valence electrons. The van der Waals surface area contributed by atoms with E-state index in [1.807, 2.05) is 0 Å². The topological polar surface area (TPSA) is 86.2 Å². The highest BCUT2D eigenvalue weighted by atomic mass is 19.1. The standard InChI is InChI=1S/C11H13FN4O2/c12-9-7-3-4-16(10(7)15-11(13)14-9)8-2-1-6(5-17)18-8/h3-4,6,8,17H,1-2,5H2,(H2,13,14,15)/t6-,8+/m0/s1. The van der Waals surface area contributed by atoms with Crippen molar-refractivity contribution in [1.82, 2.24) is 14.5 Å². The number of anilines is 1. The molecule has 0 spiro atoms. The minimum atomic E-state index is -0.632. The van der Waals surface area contributed by atoms with E-state index < -0.39 is 5.95 Å². The molecule has 0 bridgehead atoms. The third-order valence-electron chi connectivity index (χ3n) is 3.14. The Hall–Kier alpha value is -1.73. The van der Waals surface area contributed by atoms with Gasteiger partial charge in [0.05, 0.1) is 18.1 Å². The average Bonchev–Trinajstić information content (AvgIpc) is 2.93. The van der Waals surface area contributed by atoms with Crippen LogP contribution in [0.25, 0.3) is 11.0 Å². The Morgan fingerprint density at radius 2 is 2.33 bits per heavy atom. The number of hydrogen-bond donors (Lipinski definition) is 2. The molecule has 3 heterocycles. The van der Waals surface area contributed by atoms with Gasteiger partial charge in [0.2, 0.25) is 11.9 Å². The van der Waals surface area contributed by atoms with Crippen LogP contribution >= 0.6 is 0 Å². The molecule has 1 aliphatic rings. The second kappa shape index (κ2) is 4.18. The van der Waals surface area contributed by atoms with Crippen LogP contribution < -0.4 is 5.73 Å². The molecular weight excluding hydrogens is 239 g/mol. The zero-order valence-electron chi connectivity index (χ0n) is 9.58. The van der Waals surface area contributed by atoms with Crippen molar-refractivity contribution in [2.24, 2.45) is 0 Å². The van der Waals surface area contributed by atoms with Gasteiger partial charge in [-0.05, 0) is 18.9 Å². The third-order valence-corrected chi connectivity index (χ3v) is 3.14. The summed E-state index contributed by atoms with van der Waals surface area (Å²) in [4.78, 5) is 7.52. The van der Waals surface area contributed by atoms with E-state index in [9.17, 15) is 4.39 Å². The van der Waals surface area contributed by atoms with Gasteiger partial charge in [-0.1, -0.05) is 0 Å². The lowest BCUT2D eigenvalue weighted by Gasteiger charge is -2.14. The first-order chi connectivity index (χ1) is 8.69. The van der Waals surface area contributed by atoms with E-state index in [0.717, 1.165) is 12.8 Å². The number of nitrogens with two attached hydrogens (primary N) is 1. The van der Waals surface area contributed by atoms with E-state index in [0.29, 0.717) is 11.0 Å². The van der Waals surface area contributed by atoms with Gasteiger partial charge in [0.1, 0.15) is 6.23 Å². The Morgan fingerprint density at radius 1 is 1.50 bits per heavy atom. The number of hydrogen-bond acceptors (Lipinski definition) is 5. The van der Waals surface area contributed by atoms with Crippen molar-refractivity contribution in [3.05, 3.63) is 18.2 Å². The van der Waals surface area contributed by atoms with Crippen LogP contribution in [0.3, 0.4) is 0 Å². The van der Waals surface area contributed by atoms with Gasteiger partial charge in [-0.3, -0.25) is 0 Å². The molecule has 0 saturated carbocycles. The zero-order valence-corrected chi connectivity index (χ0v) is 9.58. The highest BCUT2D eigenvalue weighted by Crippen LogP contribution is 2.31. The second-order valence-corrected chi connectivity index (χ2v) is 4.31. The van der Waals surface area contributed by atoms with Crippen molar-refractivity contribution in [2.45, 2.75) is 25.2 Å². The number of aliphatic hydroxyl groups is 1. The van der Waals surface area contributed by atoms with Crippen LogP contribution in [-0.4, -0.2) is 32.4 Å². The largest absolute Gasteiger partial charge is 0.394 e. The van der Waals surface area contributed by atoms with Gasteiger partial charge in [0.15, 0.2) is 5.65 Å². The van der Waals surface area contributed by atoms with Crippen LogP contribution in [0.2, 0.25) is 0 Å². The molecule has 18 heavy (non-hydrogen) atoms. The normalized spacial score (nSPS) is 23.9. The number of fused-ring (bicyclic) bond motifs is 1. The van der Waals surface area contributed by atoms with Crippen LogP contribution in [0.5, 0.6) is 0 Å². The van der Waals surface area contributed by atoms with Gasteiger partial charge in [-0.25, -0.2) is 0 Å². The van der Waals surface area contributed by atoms with Gasteiger partial charge < -0.3 is 20.1 Å². The molecule has 2 aromatic heterocycles. The van der Waals surface area contributed by atoms with Gasteiger partial charge in [-0.2, -0.15) is 14.4 Å². The summed E-state index contributed by atoms with van der Waals surface area (Å²) in [6.07, 6.45) is 2.81. The molecule has 0 amide bonds. The zero-order chi connectivity index (χ0) is 12.7. The molecule has 6 nitrogen and oxygen atoms in total. The van der Waals surface area contributed by atoms with Crippen LogP contribution in [0.15, 0.2) is 12.3 Å². The Bertz CT molecular complexity index is 586. The molecule has 0 unspecified atom stereocenters. The molecule has 0 aliphatic carbocycles. The number of rotatable bonds is 2. The highest BCUT2D eigenvalue weighted by Gasteiger charge is 2.27. The van der Waals surface area contributed by atoms with Crippen molar-refractivity contribution in [1.29, 1.82) is 0 Å². The molecule has 0 radical (unpaired) electrons. The van der Waals surface area contributed by atoms with E-state index in [-0.39, 0.29) is 24.9 Å². The molecule has 7 heteroatoms. The summed E-state index contributed by atoms with van der Waals surface area (Å²) >= 11 is 0. The minimum Gasteiger partial charge on any atom is -0.394 e. The predicted octanol–water partition coefficient (Wildman–Crippen LogP) is 0.822. The van der Waals surface area contributed by atoms with Crippen molar-refractivity contribution >= 4 is 17.0 Å². The minimum absolute atomic E-state index is 0.0127. The second-order valence-electron chi connectivity index (χ2n) is 4.31. The fraction of sp³-hybridized carbons (Fsp3) is 0.455. The predicted molar refractivity (Wildman–Crippen MR) is 62.1 cm³/mol. The number of aromatic nitrogens is 3. The molecular formula is C11H13FN4O2. The lowest BCUT2D eigenvalue weighted by molar-refractivity contribution is -0.0204. The number of nitrogens with zero attached hydrogens (tertiary/aromatic N) is 3. The van der Waals surface area contributed by atoms with Gasteiger partial charge in [0, 0.05) is 6.20 Å². The van der Waals surface area contributed by atoms with Crippen molar-refractivity contribution in [2.75, 3.05) is 12.3 Å². The fourth-order valence-electron chi connectivity index (χ4n) is 2.27. The SMILES string of the molecule is Nc1nc(F)c2ccn([C@H]3CC[C@@H](CO)O3)c2n1. The first kappa shape index (κ1) is 11.4. The van der Waals surface area contributed by atoms with Gasteiger partial charge in [-0.15, -0.1) is 0 Å². The quantitative estimate of drug-likeness (QED) is 0.773. The Morgan fingerprint density at radius 3 is 3.06 bits per heavy atom. The Kier molecular flexibility index (Phi) is 2.64. The lowest BCUT2D eigenvalue weighted by Crippen LogP contribution is -2.14. The molecule has 2 aromatic rings. The summed E-state index contributed by atoms with van der Waals surface area (Å²) in [6.45, 7) is -0.0127. The van der Waals surface area contributed by atoms with E-state index in [4.69, 9.17) is 15.6 Å². The summed E-state index contributed by atoms with van der Waals surface area (Å²) in [5.41, 5.74) is 5.87. The molecule has 2 atom stereocenters. The van der Waals surface area contributed by atoms with Gasteiger partial charge >= 0.3 is 0 Å². The van der Waals surface area contributed by atoms with Crippen LogP contribution in [0.4, 0.5) is 10.3 Å². The van der Waals surface area contributed by atoms with Gasteiger partial charge in [0.25, 0.3) is 0 Å². The maximum atomic E-state index is 13.6. The van der Waals surface area contributed by atoms with E-state index in [2.05, 4.69) is 9.97 Å². The van der Waals surface area contributed by atoms with Crippen LogP contribution in [0.1, 0.15) is 19.1 Å². The monoisotopic (exact) mass is 252 g/mol. The van der Waals surface area contributed by atoms with E-state index in [1.54, 1.807) is 16.8 Å². The molecule has 1 fully saturated rings. The van der Waals surface area contributed by atoms with E-state index >= 15 is 0 Å². The van der Waals surface area contributed by atoms with Crippen molar-refractivity contribution in [3.8, 4) is 0 Å². The molecule has 0 aromatic carbocycles. The first-order valence-corrected chi connectivity index (χ1v) is 5.75. The molecule has 3 N–H and O–H groups in total. The lowest BCUT2D eigenvalue weighted by atomic mass is 10.2. The van der Waals surface area contributed by atoms with Crippen molar-refractivity contribution in [3.63, 3.8) is 0 Å². The van der Waals surface area contributed by atoms with E-state index in [1.165, 1.54) is 0 Å². The maximum absolute atomic E-state index is 13.6. The number of aliphatic hydroxyl groups excluding tert-OH is 1. The summed E-state index contributed by atoms with van der Waals surface area (Å²) in [5, 5.41) is 9.36.